The van der Waals surface area contributed by atoms with E-state index in [9.17, 15) is 19.7 Å². The summed E-state index contributed by atoms with van der Waals surface area (Å²) in [6.07, 6.45) is 5.21. The van der Waals surface area contributed by atoms with Gasteiger partial charge in [0.05, 0.1) is 29.3 Å². The van der Waals surface area contributed by atoms with Crippen molar-refractivity contribution in [3.05, 3.63) is 53.4 Å². The van der Waals surface area contributed by atoms with Gasteiger partial charge >= 0.3 is 0 Å². The number of rotatable bonds is 5. The predicted molar refractivity (Wildman–Crippen MR) is 116 cm³/mol. The molecule has 31 heavy (non-hydrogen) atoms. The van der Waals surface area contributed by atoms with Gasteiger partial charge in [-0.3, -0.25) is 4.79 Å². The van der Waals surface area contributed by atoms with E-state index in [4.69, 9.17) is 0 Å². The highest BCUT2D eigenvalue weighted by molar-refractivity contribution is 5.98. The minimum absolute atomic E-state index is 0.201. The maximum Gasteiger partial charge on any atom is 0.231 e. The molecule has 1 amide bonds. The van der Waals surface area contributed by atoms with Gasteiger partial charge in [-0.25, -0.2) is 9.37 Å². The van der Waals surface area contributed by atoms with E-state index in [0.717, 1.165) is 27.5 Å². The zero-order chi connectivity index (χ0) is 22.1. The first-order chi connectivity index (χ1) is 14.9. The number of allylic oxidation sites excluding steroid dienone is 2. The highest BCUT2D eigenvalue weighted by atomic mass is 19.1. The molecule has 7 nitrogen and oxygen atoms in total. The molecule has 3 N–H and O–H groups in total. The summed E-state index contributed by atoms with van der Waals surface area (Å²) in [5.41, 5.74) is 3.68. The van der Waals surface area contributed by atoms with Crippen molar-refractivity contribution in [3.63, 3.8) is 0 Å². The largest absolute Gasteiger partial charge is 0.411 e. The van der Waals surface area contributed by atoms with Crippen molar-refractivity contribution < 1.29 is 14.4 Å². The molecule has 0 radical (unpaired) electrons. The molecule has 8 heteroatoms. The van der Waals surface area contributed by atoms with E-state index in [1.807, 2.05) is 32.2 Å². The van der Waals surface area contributed by atoms with Crippen LogP contribution < -0.4 is 10.6 Å². The van der Waals surface area contributed by atoms with Gasteiger partial charge in [-0.2, -0.15) is 5.26 Å². The molecular weight excluding hydrogens is 397 g/mol. The zero-order valence-corrected chi connectivity index (χ0v) is 17.2. The fourth-order valence-corrected chi connectivity index (χ4v) is 3.74. The normalized spacial score (nSPS) is 22.8. The topological polar surface area (TPSA) is 110 Å². The van der Waals surface area contributed by atoms with Crippen LogP contribution in [0.5, 0.6) is 0 Å². The fourth-order valence-electron chi connectivity index (χ4n) is 3.74. The molecule has 1 aromatic carbocycles. The Morgan fingerprint density at radius 3 is 2.81 bits per heavy atom. The van der Waals surface area contributed by atoms with Crippen LogP contribution in [0.25, 0.3) is 16.3 Å². The number of halogens is 1. The number of hydrogen-bond donors (Lipinski definition) is 3. The average molecular weight is 419 g/mol. The second-order valence-electron chi connectivity index (χ2n) is 7.77. The summed E-state index contributed by atoms with van der Waals surface area (Å²) in [7, 11) is 0. The third-order valence-corrected chi connectivity index (χ3v) is 5.67. The van der Waals surface area contributed by atoms with Gasteiger partial charge in [0.2, 0.25) is 5.91 Å². The molecule has 1 aliphatic heterocycles. The Morgan fingerprint density at radius 2 is 2.19 bits per heavy atom. The molecule has 0 spiro atoms. The second kappa shape index (κ2) is 8.19. The molecule has 3 atom stereocenters. The first-order valence-electron chi connectivity index (χ1n) is 10.1. The highest BCUT2D eigenvalue weighted by Crippen LogP contribution is 2.35. The number of fused-ring (bicyclic) bond motifs is 1. The van der Waals surface area contributed by atoms with Crippen molar-refractivity contribution in [1.29, 1.82) is 5.26 Å². The van der Waals surface area contributed by atoms with Crippen LogP contribution in [0.1, 0.15) is 37.8 Å². The molecular formula is C23H22FN5O2. The van der Waals surface area contributed by atoms with Crippen LogP contribution in [0.4, 0.5) is 10.2 Å². The fraction of sp³-hybridized carbons (Fsp3) is 0.304. The number of amides is 1. The molecule has 1 fully saturated rings. The number of benzene rings is 1. The number of hydrogen-bond acceptors (Lipinski definition) is 6. The van der Waals surface area contributed by atoms with E-state index in [1.165, 1.54) is 0 Å². The maximum absolute atomic E-state index is 13.1. The second-order valence-corrected chi connectivity index (χ2v) is 7.77. The van der Waals surface area contributed by atoms with Crippen molar-refractivity contribution in [3.8, 4) is 6.07 Å². The number of aromatic nitrogens is 1. The smallest absolute Gasteiger partial charge is 0.231 e. The third kappa shape index (κ3) is 3.99. The first kappa shape index (κ1) is 20.5. The minimum Gasteiger partial charge on any atom is -0.411 e. The molecule has 158 valence electrons. The lowest BCUT2D eigenvalue weighted by molar-refractivity contribution is -0.117. The van der Waals surface area contributed by atoms with Crippen LogP contribution in [0.15, 0.2) is 47.4 Å². The van der Waals surface area contributed by atoms with Gasteiger partial charge in [0.25, 0.3) is 0 Å². The summed E-state index contributed by atoms with van der Waals surface area (Å²) in [6.45, 7) is 3.86. The highest BCUT2D eigenvalue weighted by Gasteiger charge is 2.43. The molecule has 1 aromatic heterocycles. The molecule has 1 aliphatic carbocycles. The standard InChI is InChI=1S/C23H22FN5O2/c1-3-20(29-31)21-4-12(2)18(11-26-21)16-6-15-10-27-22(7-13(15)5-14(16)9-25)28-23(30)17-8-19(17)24/h4-7,10-11,17,19,21,26,31H,3,8H2,1-2H3,(H,27,28,30)/b29-20-. The number of anilines is 1. The van der Waals surface area contributed by atoms with Gasteiger partial charge in [-0.15, -0.1) is 0 Å². The molecule has 0 bridgehead atoms. The number of carbonyl (C=O) groups excluding carboxylic acids is 1. The number of carbonyl (C=O) groups is 1. The summed E-state index contributed by atoms with van der Waals surface area (Å²) in [5.74, 6) is -0.632. The number of pyridine rings is 1. The molecule has 0 saturated heterocycles. The van der Waals surface area contributed by atoms with Gasteiger partial charge in [-0.05, 0) is 48.9 Å². The molecule has 3 unspecified atom stereocenters. The Labute approximate surface area is 179 Å². The third-order valence-electron chi connectivity index (χ3n) is 5.67. The number of nitrogens with zero attached hydrogens (tertiary/aromatic N) is 3. The van der Waals surface area contributed by atoms with E-state index in [2.05, 4.69) is 26.8 Å². The lowest BCUT2D eigenvalue weighted by atomic mass is 9.90. The molecule has 2 aliphatic rings. The Kier molecular flexibility index (Phi) is 5.42. The summed E-state index contributed by atoms with van der Waals surface area (Å²) in [5, 5.41) is 29.7. The lowest BCUT2D eigenvalue weighted by Crippen LogP contribution is -2.33. The first-order valence-corrected chi connectivity index (χ1v) is 10.1. The Hall–Kier alpha value is -3.73. The SMILES string of the molecule is CC/C(=N/O)C1C=C(C)C(c2cc3cnc(NC(=O)C4CC4F)cc3cc2C#N)=CN1. The Balaban J connectivity index is 1.65. The summed E-state index contributed by atoms with van der Waals surface area (Å²) < 4.78 is 13.1. The van der Waals surface area contributed by atoms with Crippen LogP contribution >= 0.6 is 0 Å². The van der Waals surface area contributed by atoms with Crippen LogP contribution in [0, 0.1) is 17.2 Å². The van der Waals surface area contributed by atoms with Crippen molar-refractivity contribution in [1.82, 2.24) is 10.3 Å². The van der Waals surface area contributed by atoms with Crippen LogP contribution in [0.2, 0.25) is 0 Å². The number of oxime groups is 1. The van der Waals surface area contributed by atoms with E-state index in [0.29, 0.717) is 23.5 Å². The van der Waals surface area contributed by atoms with Gasteiger partial charge in [0.15, 0.2) is 0 Å². The van der Waals surface area contributed by atoms with Crippen molar-refractivity contribution in [2.24, 2.45) is 11.1 Å². The van der Waals surface area contributed by atoms with Gasteiger partial charge < -0.3 is 15.8 Å². The van der Waals surface area contributed by atoms with Crippen LogP contribution in [0.3, 0.4) is 0 Å². The van der Waals surface area contributed by atoms with Crippen LogP contribution in [-0.4, -0.2) is 34.0 Å². The molecule has 2 aromatic rings. The lowest BCUT2D eigenvalue weighted by Gasteiger charge is -2.23. The summed E-state index contributed by atoms with van der Waals surface area (Å²) >= 11 is 0. The van der Waals surface area contributed by atoms with Crippen molar-refractivity contribution >= 4 is 33.8 Å². The number of nitriles is 1. The maximum atomic E-state index is 13.1. The summed E-state index contributed by atoms with van der Waals surface area (Å²) in [6, 6.07) is 7.36. The molecule has 2 heterocycles. The van der Waals surface area contributed by atoms with Gasteiger partial charge in [0.1, 0.15) is 12.0 Å². The van der Waals surface area contributed by atoms with E-state index in [-0.39, 0.29) is 18.4 Å². The van der Waals surface area contributed by atoms with Crippen molar-refractivity contribution in [2.45, 2.75) is 38.9 Å². The number of alkyl halides is 1. The van der Waals surface area contributed by atoms with E-state index < -0.39 is 12.1 Å². The number of dihydropyridines is 1. The summed E-state index contributed by atoms with van der Waals surface area (Å²) in [4.78, 5) is 16.2. The number of nitrogens with one attached hydrogen (secondary N) is 2. The molecule has 1 saturated carbocycles. The average Bonchev–Trinajstić information content (AvgIpc) is 3.50. The van der Waals surface area contributed by atoms with Gasteiger partial charge in [-0.1, -0.05) is 18.2 Å². The predicted octanol–water partition coefficient (Wildman–Crippen LogP) is 3.90. The quantitative estimate of drug-likeness (QED) is 0.387. The molecule has 4 rings (SSSR count). The van der Waals surface area contributed by atoms with E-state index >= 15 is 0 Å². The Morgan fingerprint density at radius 1 is 1.42 bits per heavy atom. The minimum atomic E-state index is -1.07. The van der Waals surface area contributed by atoms with Gasteiger partial charge in [0, 0.05) is 28.9 Å². The van der Waals surface area contributed by atoms with Crippen LogP contribution in [-0.2, 0) is 4.79 Å². The zero-order valence-electron chi connectivity index (χ0n) is 17.2. The van der Waals surface area contributed by atoms with Crippen molar-refractivity contribution in [2.75, 3.05) is 5.32 Å². The Bertz CT molecular complexity index is 1190. The van der Waals surface area contributed by atoms with E-state index in [1.54, 1.807) is 18.3 Å². The monoisotopic (exact) mass is 419 g/mol.